The van der Waals surface area contributed by atoms with Crippen LogP contribution in [0.15, 0.2) is 21.6 Å². The van der Waals surface area contributed by atoms with Crippen molar-refractivity contribution < 1.29 is 22.4 Å². The number of carbonyl (C=O) groups excluding carboxylic acids is 1. The zero-order valence-corrected chi connectivity index (χ0v) is 12.7. The average Bonchev–Trinajstić information content (AvgIpc) is 2.87. The number of rotatable bonds is 8. The van der Waals surface area contributed by atoms with E-state index in [1.807, 2.05) is 0 Å². The summed E-state index contributed by atoms with van der Waals surface area (Å²) < 4.78 is 34.5. The predicted molar refractivity (Wildman–Crippen MR) is 72.5 cm³/mol. The third kappa shape index (κ3) is 4.62. The molecule has 0 spiro atoms. The zero-order chi connectivity index (χ0) is 15.2. The number of hydrogen-bond acceptors (Lipinski definition) is 6. The van der Waals surface area contributed by atoms with E-state index in [2.05, 4.69) is 10.1 Å². The number of ether oxygens (including phenoxy) is 1. The number of carbonyl (C=O) groups is 1. The second kappa shape index (κ2) is 7.41. The van der Waals surface area contributed by atoms with Crippen molar-refractivity contribution in [3.05, 3.63) is 17.9 Å². The molecule has 7 nitrogen and oxygen atoms in total. The van der Waals surface area contributed by atoms with E-state index in [-0.39, 0.29) is 11.1 Å². The van der Waals surface area contributed by atoms with E-state index in [1.54, 1.807) is 6.07 Å². The lowest BCUT2D eigenvalue weighted by Crippen LogP contribution is -2.21. The molecular formula is C12H20N2O5S. The van der Waals surface area contributed by atoms with Gasteiger partial charge >= 0.3 is 5.97 Å². The van der Waals surface area contributed by atoms with Gasteiger partial charge in [-0.3, -0.25) is 4.79 Å². The van der Waals surface area contributed by atoms with Gasteiger partial charge < -0.3 is 14.5 Å². The van der Waals surface area contributed by atoms with E-state index in [1.165, 1.54) is 27.3 Å². The molecule has 0 radical (unpaired) electrons. The smallest absolute Gasteiger partial charge is 0.305 e. The van der Waals surface area contributed by atoms with Crippen LogP contribution in [-0.2, 0) is 26.1 Å². The maximum Gasteiger partial charge on any atom is 0.305 e. The van der Waals surface area contributed by atoms with Crippen LogP contribution in [0.1, 0.15) is 18.6 Å². The number of nitrogens with zero attached hydrogens (tertiary/aromatic N) is 1. The van der Waals surface area contributed by atoms with Crippen LogP contribution in [0.25, 0.3) is 0 Å². The molecule has 114 valence electrons. The normalized spacial score (nSPS) is 11.8. The molecule has 1 N–H and O–H groups in total. The predicted octanol–water partition coefficient (Wildman–Crippen LogP) is 0.573. The van der Waals surface area contributed by atoms with Crippen molar-refractivity contribution >= 4 is 16.0 Å². The summed E-state index contributed by atoms with van der Waals surface area (Å²) in [6.07, 6.45) is 0.998. The van der Waals surface area contributed by atoms with Crippen LogP contribution in [0.4, 0.5) is 0 Å². The van der Waals surface area contributed by atoms with Crippen LogP contribution in [0.5, 0.6) is 0 Å². The highest BCUT2D eigenvalue weighted by atomic mass is 32.2. The second-order valence-electron chi connectivity index (χ2n) is 4.36. The van der Waals surface area contributed by atoms with Crippen LogP contribution in [0.3, 0.4) is 0 Å². The molecule has 0 aliphatic carbocycles. The summed E-state index contributed by atoms with van der Waals surface area (Å²) in [4.78, 5) is 10.9. The maximum absolute atomic E-state index is 11.8. The summed E-state index contributed by atoms with van der Waals surface area (Å²) in [5.41, 5.74) is 0. The largest absolute Gasteiger partial charge is 0.469 e. The first-order valence-electron chi connectivity index (χ1n) is 6.16. The van der Waals surface area contributed by atoms with Crippen LogP contribution >= 0.6 is 0 Å². The van der Waals surface area contributed by atoms with Crippen molar-refractivity contribution in [2.75, 3.05) is 27.7 Å². The Balaban J connectivity index is 2.40. The monoisotopic (exact) mass is 304 g/mol. The Labute approximate surface area is 118 Å². The molecular weight excluding hydrogens is 284 g/mol. The molecule has 0 amide bonds. The molecule has 8 heteroatoms. The topological polar surface area (TPSA) is 88.8 Å². The van der Waals surface area contributed by atoms with Crippen molar-refractivity contribution in [1.82, 2.24) is 9.62 Å². The van der Waals surface area contributed by atoms with E-state index >= 15 is 0 Å². The Hall–Kier alpha value is -1.38. The molecule has 1 aromatic rings. The Morgan fingerprint density at radius 2 is 2.10 bits per heavy atom. The Morgan fingerprint density at radius 3 is 2.70 bits per heavy atom. The van der Waals surface area contributed by atoms with E-state index in [0.717, 1.165) is 4.31 Å². The van der Waals surface area contributed by atoms with Gasteiger partial charge in [0.1, 0.15) is 5.76 Å². The van der Waals surface area contributed by atoms with Crippen LogP contribution < -0.4 is 5.32 Å². The number of methoxy groups -OCH3 is 1. The van der Waals surface area contributed by atoms with Gasteiger partial charge in [0, 0.05) is 20.5 Å². The number of sulfonamides is 1. The van der Waals surface area contributed by atoms with E-state index in [9.17, 15) is 13.2 Å². The van der Waals surface area contributed by atoms with E-state index < -0.39 is 10.0 Å². The zero-order valence-electron chi connectivity index (χ0n) is 11.9. The highest BCUT2D eigenvalue weighted by molar-refractivity contribution is 7.88. The third-order valence-corrected chi connectivity index (χ3v) is 4.32. The van der Waals surface area contributed by atoms with Crippen molar-refractivity contribution in [1.29, 1.82) is 0 Å². The molecule has 0 fully saturated rings. The highest BCUT2D eigenvalue weighted by Crippen LogP contribution is 2.16. The summed E-state index contributed by atoms with van der Waals surface area (Å²) in [5.74, 6) is 0.285. The molecule has 0 aliphatic rings. The molecule has 1 heterocycles. The summed E-state index contributed by atoms with van der Waals surface area (Å²) in [6.45, 7) is 1.02. The lowest BCUT2D eigenvalue weighted by molar-refractivity contribution is -0.140. The van der Waals surface area contributed by atoms with Gasteiger partial charge in [0.25, 0.3) is 10.0 Å². The highest BCUT2D eigenvalue weighted by Gasteiger charge is 2.21. The van der Waals surface area contributed by atoms with Crippen LogP contribution in [-0.4, -0.2) is 46.4 Å². The fourth-order valence-corrected chi connectivity index (χ4v) is 2.26. The first kappa shape index (κ1) is 16.7. The van der Waals surface area contributed by atoms with E-state index in [4.69, 9.17) is 4.42 Å². The fraction of sp³-hybridized carbons (Fsp3) is 0.583. The third-order valence-electron chi connectivity index (χ3n) is 2.63. The number of hydrogen-bond donors (Lipinski definition) is 1. The summed E-state index contributed by atoms with van der Waals surface area (Å²) in [7, 11) is 0.718. The van der Waals surface area contributed by atoms with Crippen LogP contribution in [0, 0.1) is 0 Å². The molecule has 0 aromatic carbocycles. The number of esters is 1. The maximum atomic E-state index is 11.8. The molecule has 0 saturated carbocycles. The lowest BCUT2D eigenvalue weighted by atomic mass is 10.3. The Morgan fingerprint density at radius 1 is 1.40 bits per heavy atom. The average molecular weight is 304 g/mol. The van der Waals surface area contributed by atoms with Gasteiger partial charge in [-0.1, -0.05) is 0 Å². The molecule has 0 bridgehead atoms. The summed E-state index contributed by atoms with van der Waals surface area (Å²) in [5, 5.41) is 2.99. The van der Waals surface area contributed by atoms with Gasteiger partial charge in [-0.2, -0.15) is 0 Å². The first-order chi connectivity index (χ1) is 9.37. The minimum atomic E-state index is -3.53. The standard InChI is InChI=1S/C12H20N2O5S/c1-14(2)20(16,17)12-7-6-10(19-12)9-13-8-4-5-11(15)18-3/h6-7,13H,4-5,8-9H2,1-3H3. The molecule has 1 aromatic heterocycles. The Bertz CT molecular complexity index is 536. The van der Waals surface area contributed by atoms with Gasteiger partial charge in [-0.15, -0.1) is 0 Å². The van der Waals surface area contributed by atoms with Crippen LogP contribution in [0.2, 0.25) is 0 Å². The minimum Gasteiger partial charge on any atom is -0.469 e. The molecule has 0 atom stereocenters. The van der Waals surface area contributed by atoms with Crippen molar-refractivity contribution in [2.24, 2.45) is 0 Å². The molecule has 0 saturated heterocycles. The minimum absolute atomic E-state index is 0.0751. The summed E-state index contributed by atoms with van der Waals surface area (Å²) >= 11 is 0. The molecule has 0 unspecified atom stereocenters. The SMILES string of the molecule is COC(=O)CCCNCc1ccc(S(=O)(=O)N(C)C)o1. The molecule has 20 heavy (non-hydrogen) atoms. The van der Waals surface area contributed by atoms with Crippen molar-refractivity contribution in [3.63, 3.8) is 0 Å². The first-order valence-corrected chi connectivity index (χ1v) is 7.60. The van der Waals surface area contributed by atoms with Gasteiger partial charge in [-0.05, 0) is 25.1 Å². The molecule has 0 aliphatic heterocycles. The van der Waals surface area contributed by atoms with Crippen molar-refractivity contribution in [3.8, 4) is 0 Å². The van der Waals surface area contributed by atoms with Gasteiger partial charge in [0.05, 0.1) is 13.7 Å². The van der Waals surface area contributed by atoms with E-state index in [0.29, 0.717) is 31.7 Å². The summed E-state index contributed by atoms with van der Waals surface area (Å²) in [6, 6.07) is 3.05. The van der Waals surface area contributed by atoms with Gasteiger partial charge in [0.15, 0.2) is 0 Å². The second-order valence-corrected chi connectivity index (χ2v) is 6.45. The lowest BCUT2D eigenvalue weighted by Gasteiger charge is -2.07. The quantitative estimate of drug-likeness (QED) is 0.558. The van der Waals surface area contributed by atoms with Gasteiger partial charge in [-0.25, -0.2) is 12.7 Å². The molecule has 1 rings (SSSR count). The fourth-order valence-electron chi connectivity index (χ4n) is 1.44. The number of nitrogens with one attached hydrogen (secondary N) is 1. The van der Waals surface area contributed by atoms with Crippen molar-refractivity contribution in [2.45, 2.75) is 24.5 Å². The Kier molecular flexibility index (Phi) is 6.18. The van der Waals surface area contributed by atoms with Gasteiger partial charge in [0.2, 0.25) is 5.09 Å². The number of furan rings is 1.